The molecular formula is C15H22IN5O2S. The van der Waals surface area contributed by atoms with Crippen LogP contribution in [0.2, 0.25) is 0 Å². The van der Waals surface area contributed by atoms with Gasteiger partial charge in [-0.3, -0.25) is 0 Å². The number of halogens is 1. The molecule has 2 aromatic heterocycles. The highest BCUT2D eigenvalue weighted by molar-refractivity contribution is 14.1. The zero-order valence-electron chi connectivity index (χ0n) is 14.1. The van der Waals surface area contributed by atoms with Gasteiger partial charge in [-0.2, -0.15) is 4.52 Å². The number of amides is 1. The Morgan fingerprint density at radius 2 is 2.33 bits per heavy atom. The van der Waals surface area contributed by atoms with E-state index in [0.717, 1.165) is 39.7 Å². The lowest BCUT2D eigenvalue weighted by Crippen LogP contribution is -2.42. The Morgan fingerprint density at radius 1 is 1.54 bits per heavy atom. The zero-order valence-corrected chi connectivity index (χ0v) is 17.1. The number of imidazole rings is 1. The monoisotopic (exact) mass is 463 g/mol. The van der Waals surface area contributed by atoms with E-state index >= 15 is 0 Å². The van der Waals surface area contributed by atoms with Crippen LogP contribution in [0.3, 0.4) is 0 Å². The molecule has 0 spiro atoms. The fourth-order valence-corrected chi connectivity index (χ4v) is 4.28. The van der Waals surface area contributed by atoms with E-state index in [1.807, 2.05) is 31.5 Å². The van der Waals surface area contributed by atoms with E-state index in [1.54, 1.807) is 11.3 Å². The third kappa shape index (κ3) is 4.29. The van der Waals surface area contributed by atoms with Gasteiger partial charge < -0.3 is 15.0 Å². The normalized spacial score (nSPS) is 18.8. The summed E-state index contributed by atoms with van der Waals surface area (Å²) < 4.78 is 8.19. The van der Waals surface area contributed by atoms with E-state index in [9.17, 15) is 4.79 Å². The number of rotatable bonds is 3. The van der Waals surface area contributed by atoms with Gasteiger partial charge in [0, 0.05) is 19.6 Å². The van der Waals surface area contributed by atoms with E-state index in [0.29, 0.717) is 12.5 Å². The van der Waals surface area contributed by atoms with Gasteiger partial charge in [0.05, 0.1) is 6.20 Å². The van der Waals surface area contributed by atoms with Crippen LogP contribution in [-0.2, 0) is 4.74 Å². The van der Waals surface area contributed by atoms with Gasteiger partial charge in [-0.05, 0) is 62.1 Å². The predicted octanol–water partition coefficient (Wildman–Crippen LogP) is 3.14. The smallest absolute Gasteiger partial charge is 0.407 e. The summed E-state index contributed by atoms with van der Waals surface area (Å²) in [4.78, 5) is 19.4. The molecule has 1 saturated heterocycles. The van der Waals surface area contributed by atoms with Crippen LogP contribution < -0.4 is 10.2 Å². The molecule has 1 fully saturated rings. The molecule has 3 rings (SSSR count). The summed E-state index contributed by atoms with van der Waals surface area (Å²) in [5.41, 5.74) is -0.463. The van der Waals surface area contributed by atoms with Crippen molar-refractivity contribution < 1.29 is 9.53 Å². The van der Waals surface area contributed by atoms with Crippen LogP contribution in [0, 0.1) is 9.62 Å². The van der Waals surface area contributed by atoms with E-state index in [4.69, 9.17) is 4.74 Å². The Bertz CT molecular complexity index is 723. The number of fused-ring (bicyclic) bond motifs is 1. The van der Waals surface area contributed by atoms with E-state index in [2.05, 4.69) is 42.9 Å². The second-order valence-electron chi connectivity index (χ2n) is 7.00. The van der Waals surface area contributed by atoms with Crippen molar-refractivity contribution >= 4 is 50.1 Å². The van der Waals surface area contributed by atoms with Crippen LogP contribution in [-0.4, -0.2) is 45.9 Å². The largest absolute Gasteiger partial charge is 0.444 e. The number of carbonyl (C=O) groups is 1. The second kappa shape index (κ2) is 7.03. The number of aromatic nitrogens is 3. The van der Waals surface area contributed by atoms with Gasteiger partial charge >= 0.3 is 6.09 Å². The molecule has 1 aliphatic rings. The minimum Gasteiger partial charge on any atom is -0.444 e. The maximum absolute atomic E-state index is 11.8. The number of carbonyl (C=O) groups excluding carboxylic acids is 1. The fraction of sp³-hybridized carbons (Fsp3) is 0.667. The Morgan fingerprint density at radius 3 is 3.04 bits per heavy atom. The molecule has 7 nitrogen and oxygen atoms in total. The molecule has 1 atom stereocenters. The first-order chi connectivity index (χ1) is 11.3. The first-order valence-electron chi connectivity index (χ1n) is 8.04. The summed E-state index contributed by atoms with van der Waals surface area (Å²) in [6, 6.07) is 0. The quantitative estimate of drug-likeness (QED) is 0.709. The van der Waals surface area contributed by atoms with Crippen molar-refractivity contribution in [3.63, 3.8) is 0 Å². The lowest BCUT2D eigenvalue weighted by Gasteiger charge is -2.32. The Labute approximate surface area is 158 Å². The summed E-state index contributed by atoms with van der Waals surface area (Å²) >= 11 is 3.85. The Balaban J connectivity index is 1.57. The van der Waals surface area contributed by atoms with Crippen molar-refractivity contribution in [1.29, 1.82) is 0 Å². The molecule has 0 bridgehead atoms. The molecule has 1 N–H and O–H groups in total. The lowest BCUT2D eigenvalue weighted by molar-refractivity contribution is 0.0517. The highest BCUT2D eigenvalue weighted by Gasteiger charge is 2.24. The lowest BCUT2D eigenvalue weighted by atomic mass is 9.98. The van der Waals surface area contributed by atoms with Crippen LogP contribution in [0.1, 0.15) is 33.6 Å². The van der Waals surface area contributed by atoms with Crippen molar-refractivity contribution in [3.8, 4) is 0 Å². The van der Waals surface area contributed by atoms with Gasteiger partial charge in [0.15, 0.2) is 0 Å². The zero-order chi connectivity index (χ0) is 17.3. The maximum Gasteiger partial charge on any atom is 0.407 e. The highest BCUT2D eigenvalue weighted by Crippen LogP contribution is 2.28. The third-order valence-electron chi connectivity index (χ3n) is 3.76. The van der Waals surface area contributed by atoms with Crippen molar-refractivity contribution in [2.75, 3.05) is 24.5 Å². The van der Waals surface area contributed by atoms with Crippen molar-refractivity contribution in [2.24, 2.45) is 5.92 Å². The Kier molecular flexibility index (Phi) is 5.19. The summed E-state index contributed by atoms with van der Waals surface area (Å²) in [5, 5.41) is 8.54. The predicted molar refractivity (Wildman–Crippen MR) is 103 cm³/mol. The molecule has 3 heterocycles. The number of hydrogen-bond donors (Lipinski definition) is 1. The molecule has 24 heavy (non-hydrogen) atoms. The second-order valence-corrected chi connectivity index (χ2v) is 9.04. The maximum atomic E-state index is 11.8. The van der Waals surface area contributed by atoms with Crippen molar-refractivity contribution in [2.45, 2.75) is 39.2 Å². The molecule has 0 aliphatic carbocycles. The Hall–Kier alpha value is -1.10. The number of alkyl carbamates (subject to hydrolysis) is 1. The van der Waals surface area contributed by atoms with Crippen LogP contribution in [0.25, 0.3) is 4.96 Å². The molecule has 2 aromatic rings. The number of anilines is 1. The molecule has 1 amide bonds. The van der Waals surface area contributed by atoms with Crippen molar-refractivity contribution in [1.82, 2.24) is 19.9 Å². The molecule has 0 radical (unpaired) electrons. The molecule has 1 aliphatic heterocycles. The summed E-state index contributed by atoms with van der Waals surface area (Å²) in [7, 11) is 0. The molecule has 9 heteroatoms. The van der Waals surface area contributed by atoms with E-state index < -0.39 is 5.60 Å². The highest BCUT2D eigenvalue weighted by atomic mass is 127. The van der Waals surface area contributed by atoms with Crippen LogP contribution in [0.15, 0.2) is 6.20 Å². The van der Waals surface area contributed by atoms with Crippen LogP contribution >= 0.6 is 33.9 Å². The van der Waals surface area contributed by atoms with E-state index in [-0.39, 0.29) is 6.09 Å². The topological polar surface area (TPSA) is 71.8 Å². The fourth-order valence-electron chi connectivity index (χ4n) is 2.73. The molecule has 0 aromatic carbocycles. The van der Waals surface area contributed by atoms with E-state index in [1.165, 1.54) is 0 Å². The van der Waals surface area contributed by atoms with Gasteiger partial charge in [-0.25, -0.2) is 9.78 Å². The van der Waals surface area contributed by atoms with Gasteiger partial charge in [0.2, 0.25) is 10.1 Å². The average Bonchev–Trinajstić information content (AvgIpc) is 3.06. The number of ether oxygens (including phenoxy) is 1. The molecule has 1 unspecified atom stereocenters. The summed E-state index contributed by atoms with van der Waals surface area (Å²) in [6.07, 6.45) is 3.68. The molecular weight excluding hydrogens is 441 g/mol. The number of hydrogen-bond acceptors (Lipinski definition) is 6. The summed E-state index contributed by atoms with van der Waals surface area (Å²) in [6.45, 7) is 8.13. The van der Waals surface area contributed by atoms with Crippen molar-refractivity contribution in [3.05, 3.63) is 9.90 Å². The summed E-state index contributed by atoms with van der Waals surface area (Å²) in [5.74, 6) is 0.404. The number of piperidine rings is 1. The minimum atomic E-state index is -0.463. The third-order valence-corrected chi connectivity index (χ3v) is 5.48. The molecule has 132 valence electrons. The van der Waals surface area contributed by atoms with Crippen LogP contribution in [0.4, 0.5) is 9.93 Å². The SMILES string of the molecule is CC(C)(C)OC(=O)NCC1CCCN(c2nn3c(I)cnc3s2)C1. The number of nitrogens with one attached hydrogen (secondary N) is 1. The van der Waals surface area contributed by atoms with Gasteiger partial charge in [-0.1, -0.05) is 11.3 Å². The van der Waals surface area contributed by atoms with Gasteiger partial charge in [0.25, 0.3) is 0 Å². The molecule has 0 saturated carbocycles. The van der Waals surface area contributed by atoms with Gasteiger partial charge in [-0.15, -0.1) is 5.10 Å². The minimum absolute atomic E-state index is 0.345. The van der Waals surface area contributed by atoms with Gasteiger partial charge in [0.1, 0.15) is 9.30 Å². The standard InChI is InChI=1S/C15H22IN5O2S/c1-15(2,3)23-14(22)18-7-10-5-4-6-20(9-10)13-19-21-11(16)8-17-12(21)24-13/h8,10H,4-7,9H2,1-3H3,(H,18,22). The van der Waals surface area contributed by atoms with Crippen LogP contribution in [0.5, 0.6) is 0 Å². The number of nitrogens with zero attached hydrogens (tertiary/aromatic N) is 4. The average molecular weight is 463 g/mol. The first kappa shape index (κ1) is 17.7. The first-order valence-corrected chi connectivity index (χ1v) is 9.93.